The summed E-state index contributed by atoms with van der Waals surface area (Å²) in [6.07, 6.45) is 7.78. The Kier molecular flexibility index (Phi) is 4.91. The van der Waals surface area contributed by atoms with Crippen molar-refractivity contribution in [3.8, 4) is 0 Å². The fourth-order valence-electron chi connectivity index (χ4n) is 4.61. The summed E-state index contributed by atoms with van der Waals surface area (Å²) in [6, 6.07) is 7.30. The van der Waals surface area contributed by atoms with Gasteiger partial charge in [-0.15, -0.1) is 0 Å². The van der Waals surface area contributed by atoms with Crippen molar-refractivity contribution in [1.29, 1.82) is 0 Å². The van der Waals surface area contributed by atoms with Crippen molar-refractivity contribution in [2.45, 2.75) is 42.5 Å². The molecule has 0 saturated carbocycles. The molecule has 1 spiro atoms. The van der Waals surface area contributed by atoms with Crippen LogP contribution in [0.2, 0.25) is 0 Å². The number of hydrogen-bond donors (Lipinski definition) is 0. The van der Waals surface area contributed by atoms with Crippen LogP contribution in [0.4, 0.5) is 5.95 Å². The Labute approximate surface area is 167 Å². The predicted octanol–water partition coefficient (Wildman–Crippen LogP) is 2.43. The summed E-state index contributed by atoms with van der Waals surface area (Å²) in [7, 11) is 0.818. The highest BCUT2D eigenvalue weighted by Crippen LogP contribution is 2.44. The van der Waals surface area contributed by atoms with E-state index in [9.17, 15) is 8.42 Å². The summed E-state index contributed by atoms with van der Waals surface area (Å²) < 4.78 is 23.3. The summed E-state index contributed by atoms with van der Waals surface area (Å²) in [4.78, 5) is 14.3. The van der Waals surface area contributed by atoms with E-state index in [0.717, 1.165) is 50.4 Å². The molecule has 28 heavy (non-hydrogen) atoms. The number of fused-ring (bicyclic) bond motifs is 2. The van der Waals surface area contributed by atoms with Crippen molar-refractivity contribution in [3.05, 3.63) is 47.3 Å². The molecule has 0 amide bonds. The molecule has 1 aliphatic heterocycles. The molecule has 1 unspecified atom stereocenters. The van der Waals surface area contributed by atoms with Crippen molar-refractivity contribution >= 4 is 15.8 Å². The highest BCUT2D eigenvalue weighted by Gasteiger charge is 2.43. The van der Waals surface area contributed by atoms with Crippen molar-refractivity contribution in [2.24, 2.45) is 0 Å². The number of anilines is 1. The van der Waals surface area contributed by atoms with Crippen molar-refractivity contribution in [2.75, 3.05) is 38.3 Å². The molecule has 1 aliphatic carbocycles. The maximum Gasteiger partial charge on any atom is 0.225 e. The smallest absolute Gasteiger partial charge is 0.225 e. The lowest BCUT2D eigenvalue weighted by Gasteiger charge is -2.40. The quantitative estimate of drug-likeness (QED) is 0.785. The normalized spacial score (nSPS) is 22.4. The van der Waals surface area contributed by atoms with Crippen LogP contribution < -0.4 is 4.90 Å². The first-order valence-electron chi connectivity index (χ1n) is 9.82. The molecule has 1 saturated heterocycles. The fourth-order valence-corrected chi connectivity index (χ4v) is 5.24. The largest absolute Gasteiger partial charge is 0.347 e. The Morgan fingerprint density at radius 2 is 1.93 bits per heavy atom. The highest BCUT2D eigenvalue weighted by molar-refractivity contribution is 7.90. The van der Waals surface area contributed by atoms with Crippen LogP contribution in [-0.4, -0.2) is 56.7 Å². The van der Waals surface area contributed by atoms with Crippen LogP contribution in [0.3, 0.4) is 0 Å². The Morgan fingerprint density at radius 1 is 1.18 bits per heavy atom. The van der Waals surface area contributed by atoms with E-state index in [1.54, 1.807) is 12.1 Å². The molecule has 0 radical (unpaired) electrons. The summed E-state index contributed by atoms with van der Waals surface area (Å²) in [5.41, 5.74) is 3.81. The minimum Gasteiger partial charge on any atom is -0.347 e. The molecule has 0 N–H and O–H groups in total. The van der Waals surface area contributed by atoms with Crippen LogP contribution in [0.1, 0.15) is 36.1 Å². The molecule has 7 heteroatoms. The van der Waals surface area contributed by atoms with Gasteiger partial charge in [-0.2, -0.15) is 0 Å². The van der Waals surface area contributed by atoms with Gasteiger partial charge in [-0.1, -0.05) is 12.1 Å². The van der Waals surface area contributed by atoms with Crippen molar-refractivity contribution in [3.63, 3.8) is 0 Å². The van der Waals surface area contributed by atoms with Crippen LogP contribution in [0.5, 0.6) is 0 Å². The maximum absolute atomic E-state index is 11.7. The molecule has 2 aliphatic rings. The molecule has 1 atom stereocenters. The second-order valence-electron chi connectivity index (χ2n) is 8.45. The van der Waals surface area contributed by atoms with E-state index in [-0.39, 0.29) is 5.41 Å². The van der Waals surface area contributed by atoms with Gasteiger partial charge in [0, 0.05) is 45.1 Å². The summed E-state index contributed by atoms with van der Waals surface area (Å²) in [6.45, 7) is 2.90. The van der Waals surface area contributed by atoms with Gasteiger partial charge in [0.15, 0.2) is 9.84 Å². The average molecular weight is 401 g/mol. The zero-order chi connectivity index (χ0) is 19.9. The van der Waals surface area contributed by atoms with Crippen LogP contribution in [0, 0.1) is 0 Å². The number of aryl methyl sites for hydroxylation is 1. The number of benzene rings is 1. The zero-order valence-electron chi connectivity index (χ0n) is 16.9. The minimum absolute atomic E-state index is 0.119. The predicted molar refractivity (Wildman–Crippen MR) is 110 cm³/mol. The van der Waals surface area contributed by atoms with E-state index >= 15 is 0 Å². The van der Waals surface area contributed by atoms with Gasteiger partial charge >= 0.3 is 0 Å². The first-order valence-corrected chi connectivity index (χ1v) is 11.7. The molecule has 6 nitrogen and oxygen atoms in total. The number of rotatable bonds is 4. The Bertz CT molecular complexity index is 968. The first-order chi connectivity index (χ1) is 13.3. The lowest BCUT2D eigenvalue weighted by Crippen LogP contribution is -2.45. The van der Waals surface area contributed by atoms with E-state index in [2.05, 4.69) is 9.88 Å². The van der Waals surface area contributed by atoms with Gasteiger partial charge < -0.3 is 4.90 Å². The topological polar surface area (TPSA) is 66.4 Å². The zero-order valence-corrected chi connectivity index (χ0v) is 17.7. The Hall–Kier alpha value is -1.99. The van der Waals surface area contributed by atoms with Crippen LogP contribution in [0.25, 0.3) is 0 Å². The monoisotopic (exact) mass is 400 g/mol. The molecule has 2 heterocycles. The third-order valence-corrected chi connectivity index (χ3v) is 7.17. The third-order valence-electron chi connectivity index (χ3n) is 6.04. The van der Waals surface area contributed by atoms with E-state index in [0.29, 0.717) is 4.90 Å². The number of aromatic nitrogens is 2. The number of likely N-dealkylation sites (tertiary alicyclic amines) is 1. The minimum atomic E-state index is -3.15. The van der Waals surface area contributed by atoms with Gasteiger partial charge in [0.2, 0.25) is 5.95 Å². The lowest BCUT2D eigenvalue weighted by atomic mass is 9.77. The molecule has 0 bridgehead atoms. The molecular weight excluding hydrogens is 372 g/mol. The van der Waals surface area contributed by atoms with Crippen molar-refractivity contribution in [1.82, 2.24) is 14.9 Å². The molecule has 1 aromatic carbocycles. The van der Waals surface area contributed by atoms with E-state index in [4.69, 9.17) is 4.98 Å². The van der Waals surface area contributed by atoms with E-state index in [1.165, 1.54) is 23.9 Å². The van der Waals surface area contributed by atoms with Gasteiger partial charge in [-0.3, -0.25) is 4.90 Å². The molecule has 1 fully saturated rings. The van der Waals surface area contributed by atoms with Crippen molar-refractivity contribution < 1.29 is 8.42 Å². The van der Waals surface area contributed by atoms with Crippen LogP contribution in [0.15, 0.2) is 35.4 Å². The first kappa shape index (κ1) is 19.3. The van der Waals surface area contributed by atoms with Gasteiger partial charge in [0.25, 0.3) is 0 Å². The second kappa shape index (κ2) is 7.12. The Balaban J connectivity index is 1.54. The SMILES string of the molecule is CN(C)c1ncc2c(n1)C1(CCCN(Cc3ccc(S(C)(=O)=O)cc3)C1)CC2. The van der Waals surface area contributed by atoms with E-state index in [1.807, 2.05) is 37.3 Å². The number of hydrogen-bond acceptors (Lipinski definition) is 6. The van der Waals surface area contributed by atoms with Gasteiger partial charge in [-0.25, -0.2) is 18.4 Å². The van der Waals surface area contributed by atoms with Gasteiger partial charge in [0.05, 0.1) is 10.6 Å². The fraction of sp³-hybridized carbons (Fsp3) is 0.524. The second-order valence-corrected chi connectivity index (χ2v) is 10.5. The maximum atomic E-state index is 11.7. The third kappa shape index (κ3) is 3.65. The number of nitrogens with zero attached hydrogens (tertiary/aromatic N) is 4. The van der Waals surface area contributed by atoms with E-state index < -0.39 is 9.84 Å². The summed E-state index contributed by atoms with van der Waals surface area (Å²) in [5, 5.41) is 0. The van der Waals surface area contributed by atoms with Crippen LogP contribution >= 0.6 is 0 Å². The summed E-state index contributed by atoms with van der Waals surface area (Å²) >= 11 is 0. The number of piperidine rings is 1. The number of sulfone groups is 1. The molecule has 1 aromatic heterocycles. The Morgan fingerprint density at radius 3 is 2.61 bits per heavy atom. The average Bonchev–Trinajstić information content (AvgIpc) is 2.99. The molecular formula is C21H28N4O2S. The molecule has 150 valence electrons. The van der Waals surface area contributed by atoms with Gasteiger partial charge in [-0.05, 0) is 55.5 Å². The standard InChI is InChI=1S/C21H28N4O2S/c1-24(2)20-22-13-17-9-11-21(19(17)23-20)10-4-12-25(15-21)14-16-5-7-18(8-6-16)28(3,26)27/h5-8,13H,4,9-12,14-15H2,1-3H3. The summed E-state index contributed by atoms with van der Waals surface area (Å²) in [5.74, 6) is 0.786. The molecule has 4 rings (SSSR count). The van der Waals surface area contributed by atoms with Gasteiger partial charge in [0.1, 0.15) is 0 Å². The van der Waals surface area contributed by atoms with Crippen LogP contribution in [-0.2, 0) is 28.2 Å². The lowest BCUT2D eigenvalue weighted by molar-refractivity contribution is 0.137. The molecule has 2 aromatic rings. The highest BCUT2D eigenvalue weighted by atomic mass is 32.2.